The normalized spacial score (nSPS) is 17.1. The van der Waals surface area contributed by atoms with Crippen molar-refractivity contribution in [3.63, 3.8) is 0 Å². The van der Waals surface area contributed by atoms with Gasteiger partial charge in [0.15, 0.2) is 6.61 Å². The number of carbonyl (C=O) groups excluding carboxylic acids is 1. The molecule has 0 aromatic heterocycles. The Hall–Kier alpha value is -1.55. The van der Waals surface area contributed by atoms with Gasteiger partial charge in [0.25, 0.3) is 5.91 Å². The van der Waals surface area contributed by atoms with Gasteiger partial charge in [-0.25, -0.2) is 0 Å². The summed E-state index contributed by atoms with van der Waals surface area (Å²) < 4.78 is 5.51. The van der Waals surface area contributed by atoms with Crippen LogP contribution >= 0.6 is 0 Å². The van der Waals surface area contributed by atoms with Crippen molar-refractivity contribution in [1.82, 2.24) is 4.90 Å². The van der Waals surface area contributed by atoms with E-state index in [1.165, 1.54) is 6.42 Å². The molecule has 0 saturated carbocycles. The summed E-state index contributed by atoms with van der Waals surface area (Å²) in [6, 6.07) is 7.23. The Balaban J connectivity index is 1.87. The minimum Gasteiger partial charge on any atom is -0.484 e. The van der Waals surface area contributed by atoms with Crippen molar-refractivity contribution in [3.05, 3.63) is 29.8 Å². The molecule has 1 N–H and O–H groups in total. The third kappa shape index (κ3) is 3.96. The lowest BCUT2D eigenvalue weighted by Crippen LogP contribution is -2.38. The maximum Gasteiger partial charge on any atom is 0.260 e. The van der Waals surface area contributed by atoms with Crippen LogP contribution in [0.3, 0.4) is 0 Å². The highest BCUT2D eigenvalue weighted by molar-refractivity contribution is 5.77. The van der Waals surface area contributed by atoms with Crippen LogP contribution in [0.15, 0.2) is 24.3 Å². The molecule has 1 aromatic carbocycles. The number of rotatable bonds is 4. The summed E-state index contributed by atoms with van der Waals surface area (Å²) >= 11 is 0. The van der Waals surface area contributed by atoms with E-state index >= 15 is 0 Å². The molecule has 1 aliphatic heterocycles. The van der Waals surface area contributed by atoms with Gasteiger partial charge in [0.1, 0.15) is 5.75 Å². The van der Waals surface area contributed by atoms with Gasteiger partial charge >= 0.3 is 0 Å². The van der Waals surface area contributed by atoms with Crippen LogP contribution in [0.1, 0.15) is 37.9 Å². The van der Waals surface area contributed by atoms with Crippen molar-refractivity contribution < 1.29 is 14.6 Å². The zero-order valence-electron chi connectivity index (χ0n) is 11.3. The van der Waals surface area contributed by atoms with Crippen LogP contribution in [0.2, 0.25) is 0 Å². The van der Waals surface area contributed by atoms with E-state index in [9.17, 15) is 9.90 Å². The third-order valence-corrected chi connectivity index (χ3v) is 3.41. The maximum absolute atomic E-state index is 11.9. The first-order valence-electron chi connectivity index (χ1n) is 6.85. The molecular weight excluding hydrogens is 242 g/mol. The number of nitrogens with zero attached hydrogens (tertiary/aromatic N) is 1. The SMILES string of the molecule is CC(O)c1cccc(OCC(=O)N2CCCCC2)c1. The summed E-state index contributed by atoms with van der Waals surface area (Å²) in [5.74, 6) is 0.672. The molecule has 4 heteroatoms. The minimum atomic E-state index is -0.527. The zero-order chi connectivity index (χ0) is 13.7. The second kappa shape index (κ2) is 6.57. The Morgan fingerprint density at radius 1 is 1.37 bits per heavy atom. The summed E-state index contributed by atoms with van der Waals surface area (Å²) in [7, 11) is 0. The first-order valence-corrected chi connectivity index (χ1v) is 6.85. The predicted molar refractivity (Wildman–Crippen MR) is 73.0 cm³/mol. The van der Waals surface area contributed by atoms with Crippen LogP contribution in [0.25, 0.3) is 0 Å². The van der Waals surface area contributed by atoms with Gasteiger partial charge in [0.05, 0.1) is 6.10 Å². The number of amides is 1. The highest BCUT2D eigenvalue weighted by Crippen LogP contribution is 2.19. The van der Waals surface area contributed by atoms with Crippen LogP contribution in [0.5, 0.6) is 5.75 Å². The molecule has 2 rings (SSSR count). The summed E-state index contributed by atoms with van der Waals surface area (Å²) in [5, 5.41) is 9.50. The average molecular weight is 263 g/mol. The largest absolute Gasteiger partial charge is 0.484 e. The zero-order valence-corrected chi connectivity index (χ0v) is 11.3. The number of carbonyl (C=O) groups is 1. The van der Waals surface area contributed by atoms with Gasteiger partial charge in [-0.05, 0) is 43.9 Å². The first-order chi connectivity index (χ1) is 9.16. The molecule has 4 nitrogen and oxygen atoms in total. The second-order valence-corrected chi connectivity index (χ2v) is 4.98. The summed E-state index contributed by atoms with van der Waals surface area (Å²) in [6.45, 7) is 3.47. The van der Waals surface area contributed by atoms with E-state index in [1.807, 2.05) is 17.0 Å². The lowest BCUT2D eigenvalue weighted by atomic mass is 10.1. The number of ether oxygens (including phenoxy) is 1. The smallest absolute Gasteiger partial charge is 0.260 e. The number of aliphatic hydroxyl groups is 1. The van der Waals surface area contributed by atoms with Crippen LogP contribution in [0, 0.1) is 0 Å². The van der Waals surface area contributed by atoms with Crippen molar-refractivity contribution in [2.45, 2.75) is 32.3 Å². The molecule has 1 aromatic rings. The molecule has 1 fully saturated rings. The summed E-state index contributed by atoms with van der Waals surface area (Å²) in [6.07, 6.45) is 2.86. The van der Waals surface area contributed by atoms with Crippen LogP contribution in [-0.2, 0) is 4.79 Å². The van der Waals surface area contributed by atoms with Gasteiger partial charge < -0.3 is 14.7 Å². The fraction of sp³-hybridized carbons (Fsp3) is 0.533. The van der Waals surface area contributed by atoms with Crippen molar-refractivity contribution in [2.24, 2.45) is 0 Å². The fourth-order valence-electron chi connectivity index (χ4n) is 2.24. The van der Waals surface area contributed by atoms with Gasteiger partial charge in [-0.1, -0.05) is 12.1 Å². The Morgan fingerprint density at radius 3 is 2.79 bits per heavy atom. The molecule has 0 spiro atoms. The lowest BCUT2D eigenvalue weighted by molar-refractivity contribution is -0.134. The monoisotopic (exact) mass is 263 g/mol. The van der Waals surface area contributed by atoms with E-state index in [4.69, 9.17) is 4.74 Å². The standard InChI is InChI=1S/C15H21NO3/c1-12(17)13-6-5-7-14(10-13)19-11-15(18)16-8-3-2-4-9-16/h5-7,10,12,17H,2-4,8-9,11H2,1H3. The van der Waals surface area contributed by atoms with Crippen LogP contribution < -0.4 is 4.74 Å². The summed E-state index contributed by atoms with van der Waals surface area (Å²) in [5.41, 5.74) is 0.794. The molecule has 1 atom stereocenters. The van der Waals surface area contributed by atoms with E-state index in [0.29, 0.717) is 5.75 Å². The number of likely N-dealkylation sites (tertiary alicyclic amines) is 1. The van der Waals surface area contributed by atoms with Gasteiger partial charge in [-0.3, -0.25) is 4.79 Å². The number of piperidine rings is 1. The van der Waals surface area contributed by atoms with Gasteiger partial charge in [0.2, 0.25) is 0 Å². The molecule has 1 amide bonds. The Kier molecular flexibility index (Phi) is 4.80. The molecule has 104 valence electrons. The maximum atomic E-state index is 11.9. The van der Waals surface area contributed by atoms with E-state index in [0.717, 1.165) is 31.5 Å². The first kappa shape index (κ1) is 13.9. The lowest BCUT2D eigenvalue weighted by Gasteiger charge is -2.26. The number of aliphatic hydroxyl groups excluding tert-OH is 1. The number of hydrogen-bond donors (Lipinski definition) is 1. The Bertz CT molecular complexity index is 425. The minimum absolute atomic E-state index is 0.0437. The molecule has 1 heterocycles. The molecule has 1 aliphatic rings. The van der Waals surface area contributed by atoms with Gasteiger partial charge in [-0.2, -0.15) is 0 Å². The topological polar surface area (TPSA) is 49.8 Å². The van der Waals surface area contributed by atoms with Crippen molar-refractivity contribution >= 4 is 5.91 Å². The van der Waals surface area contributed by atoms with Crippen molar-refractivity contribution in [1.29, 1.82) is 0 Å². The molecule has 0 radical (unpaired) electrons. The van der Waals surface area contributed by atoms with E-state index < -0.39 is 6.10 Å². The predicted octanol–water partition coefficient (Wildman–Crippen LogP) is 2.13. The quantitative estimate of drug-likeness (QED) is 0.905. The van der Waals surface area contributed by atoms with Crippen LogP contribution in [0.4, 0.5) is 0 Å². The van der Waals surface area contributed by atoms with Crippen molar-refractivity contribution in [2.75, 3.05) is 19.7 Å². The Labute approximate surface area is 114 Å². The third-order valence-electron chi connectivity index (χ3n) is 3.41. The molecule has 1 saturated heterocycles. The van der Waals surface area contributed by atoms with Gasteiger partial charge in [-0.15, -0.1) is 0 Å². The van der Waals surface area contributed by atoms with Crippen LogP contribution in [-0.4, -0.2) is 35.6 Å². The summed E-state index contributed by atoms with van der Waals surface area (Å²) in [4.78, 5) is 13.8. The van der Waals surface area contributed by atoms with E-state index in [-0.39, 0.29) is 12.5 Å². The average Bonchev–Trinajstić information content (AvgIpc) is 2.46. The molecular formula is C15H21NO3. The van der Waals surface area contributed by atoms with E-state index in [1.54, 1.807) is 19.1 Å². The molecule has 19 heavy (non-hydrogen) atoms. The highest BCUT2D eigenvalue weighted by atomic mass is 16.5. The van der Waals surface area contributed by atoms with Gasteiger partial charge in [0, 0.05) is 13.1 Å². The number of benzene rings is 1. The van der Waals surface area contributed by atoms with E-state index in [2.05, 4.69) is 0 Å². The fourth-order valence-corrected chi connectivity index (χ4v) is 2.24. The molecule has 0 bridgehead atoms. The molecule has 1 unspecified atom stereocenters. The molecule has 0 aliphatic carbocycles. The number of hydrogen-bond acceptors (Lipinski definition) is 3. The van der Waals surface area contributed by atoms with Crippen molar-refractivity contribution in [3.8, 4) is 5.75 Å². The highest BCUT2D eigenvalue weighted by Gasteiger charge is 2.16. The Morgan fingerprint density at radius 2 is 2.11 bits per heavy atom. The second-order valence-electron chi connectivity index (χ2n) is 4.98.